The molecule has 1 fully saturated rings. The second kappa shape index (κ2) is 8.68. The zero-order chi connectivity index (χ0) is 14.2. The van der Waals surface area contributed by atoms with Crippen molar-refractivity contribution in [3.05, 3.63) is 35.6 Å². The van der Waals surface area contributed by atoms with Gasteiger partial charge in [0.1, 0.15) is 5.82 Å². The third kappa shape index (κ3) is 5.10. The first-order valence-electron chi connectivity index (χ1n) is 7.88. The number of nitrogens with one attached hydrogen (secondary N) is 1. The highest BCUT2D eigenvalue weighted by atomic mass is 32.2. The summed E-state index contributed by atoms with van der Waals surface area (Å²) in [5.41, 5.74) is 0.836. The Kier molecular flexibility index (Phi) is 6.88. The Bertz CT molecular complexity index is 390. The van der Waals surface area contributed by atoms with Crippen LogP contribution in [0.25, 0.3) is 0 Å². The van der Waals surface area contributed by atoms with Crippen molar-refractivity contribution >= 4 is 11.8 Å². The van der Waals surface area contributed by atoms with E-state index in [0.717, 1.165) is 29.5 Å². The lowest BCUT2D eigenvalue weighted by Crippen LogP contribution is -2.34. The second-order valence-corrected chi connectivity index (χ2v) is 6.98. The number of likely N-dealkylation sites (N-methyl/N-ethyl adjacent to an activating group) is 1. The van der Waals surface area contributed by atoms with E-state index < -0.39 is 0 Å². The van der Waals surface area contributed by atoms with Crippen LogP contribution in [0.5, 0.6) is 0 Å². The van der Waals surface area contributed by atoms with Crippen molar-refractivity contribution in [2.24, 2.45) is 0 Å². The minimum atomic E-state index is -0.0712. The lowest BCUT2D eigenvalue weighted by molar-refractivity contribution is 0.511. The molecule has 0 bridgehead atoms. The Morgan fingerprint density at radius 3 is 2.70 bits per heavy atom. The Morgan fingerprint density at radius 2 is 2.00 bits per heavy atom. The van der Waals surface area contributed by atoms with Crippen LogP contribution in [0.1, 0.15) is 44.6 Å². The Morgan fingerprint density at radius 1 is 1.25 bits per heavy atom. The van der Waals surface area contributed by atoms with Crippen molar-refractivity contribution in [2.45, 2.75) is 56.7 Å². The summed E-state index contributed by atoms with van der Waals surface area (Å²) in [6.07, 6.45) is 7.70. The van der Waals surface area contributed by atoms with Crippen LogP contribution in [0, 0.1) is 5.82 Å². The standard InChI is InChI=1S/C17H26FNS/c1-2-19-15(12-14-8-6-7-11-17(14)18)13-20-16-9-4-3-5-10-16/h6-8,11,15-16,19H,2-5,9-10,12-13H2,1H3. The number of rotatable bonds is 7. The third-order valence-corrected chi connectivity index (χ3v) is 5.54. The van der Waals surface area contributed by atoms with Crippen LogP contribution in [0.15, 0.2) is 24.3 Å². The van der Waals surface area contributed by atoms with E-state index in [0.29, 0.717) is 6.04 Å². The molecular formula is C17H26FNS. The molecule has 1 atom stereocenters. The summed E-state index contributed by atoms with van der Waals surface area (Å²) in [5, 5.41) is 4.33. The van der Waals surface area contributed by atoms with E-state index in [1.54, 1.807) is 12.1 Å². The van der Waals surface area contributed by atoms with Gasteiger partial charge in [-0.1, -0.05) is 44.4 Å². The van der Waals surface area contributed by atoms with Gasteiger partial charge in [-0.3, -0.25) is 0 Å². The first kappa shape index (κ1) is 15.8. The maximum absolute atomic E-state index is 13.8. The fraction of sp³-hybridized carbons (Fsp3) is 0.647. The molecule has 2 rings (SSSR count). The monoisotopic (exact) mass is 295 g/mol. The number of benzene rings is 1. The molecule has 1 nitrogen and oxygen atoms in total. The molecule has 0 aromatic heterocycles. The summed E-state index contributed by atoms with van der Waals surface area (Å²) >= 11 is 2.09. The van der Waals surface area contributed by atoms with Gasteiger partial charge in [0, 0.05) is 17.0 Å². The van der Waals surface area contributed by atoms with E-state index in [1.165, 1.54) is 32.1 Å². The molecule has 1 aliphatic rings. The molecule has 1 aromatic rings. The average molecular weight is 295 g/mol. The summed E-state index contributed by atoms with van der Waals surface area (Å²) in [7, 11) is 0. The Labute approximate surface area is 126 Å². The van der Waals surface area contributed by atoms with Gasteiger partial charge in [-0.25, -0.2) is 4.39 Å². The van der Waals surface area contributed by atoms with Crippen LogP contribution in [0.3, 0.4) is 0 Å². The molecular weight excluding hydrogens is 269 g/mol. The summed E-state index contributed by atoms with van der Waals surface area (Å²) < 4.78 is 13.8. The number of halogens is 1. The van der Waals surface area contributed by atoms with E-state index >= 15 is 0 Å². The molecule has 112 valence electrons. The van der Waals surface area contributed by atoms with Gasteiger partial charge >= 0.3 is 0 Å². The fourth-order valence-electron chi connectivity index (χ4n) is 2.89. The van der Waals surface area contributed by atoms with Gasteiger partial charge in [0.15, 0.2) is 0 Å². The van der Waals surface area contributed by atoms with Crippen molar-refractivity contribution in [1.29, 1.82) is 0 Å². The van der Waals surface area contributed by atoms with Gasteiger partial charge in [0.25, 0.3) is 0 Å². The maximum atomic E-state index is 13.8. The second-order valence-electron chi connectivity index (χ2n) is 5.64. The molecule has 0 spiro atoms. The Balaban J connectivity index is 1.84. The van der Waals surface area contributed by atoms with Crippen LogP contribution >= 0.6 is 11.8 Å². The van der Waals surface area contributed by atoms with Gasteiger partial charge in [-0.05, 0) is 37.4 Å². The topological polar surface area (TPSA) is 12.0 Å². The maximum Gasteiger partial charge on any atom is 0.126 e. The molecule has 1 unspecified atom stereocenters. The van der Waals surface area contributed by atoms with Crippen LogP contribution < -0.4 is 5.32 Å². The van der Waals surface area contributed by atoms with Crippen LogP contribution in [-0.2, 0) is 6.42 Å². The van der Waals surface area contributed by atoms with Crippen molar-refractivity contribution in [3.8, 4) is 0 Å². The lowest BCUT2D eigenvalue weighted by atomic mass is 10.0. The van der Waals surface area contributed by atoms with E-state index in [4.69, 9.17) is 0 Å². The highest BCUT2D eigenvalue weighted by molar-refractivity contribution is 7.99. The fourth-order valence-corrected chi connectivity index (χ4v) is 4.30. The predicted molar refractivity (Wildman–Crippen MR) is 86.9 cm³/mol. The Hall–Kier alpha value is -0.540. The van der Waals surface area contributed by atoms with Crippen LogP contribution in [0.2, 0.25) is 0 Å². The number of hydrogen-bond donors (Lipinski definition) is 1. The summed E-state index contributed by atoms with van der Waals surface area (Å²) in [6.45, 7) is 3.07. The minimum absolute atomic E-state index is 0.0712. The van der Waals surface area contributed by atoms with Gasteiger partial charge in [-0.15, -0.1) is 0 Å². The average Bonchev–Trinajstić information content (AvgIpc) is 2.48. The van der Waals surface area contributed by atoms with Crippen molar-refractivity contribution in [1.82, 2.24) is 5.32 Å². The summed E-state index contributed by atoms with van der Waals surface area (Å²) in [5.74, 6) is 1.02. The van der Waals surface area contributed by atoms with Crippen LogP contribution in [-0.4, -0.2) is 23.6 Å². The molecule has 1 N–H and O–H groups in total. The van der Waals surface area contributed by atoms with Gasteiger partial charge in [-0.2, -0.15) is 11.8 Å². The largest absolute Gasteiger partial charge is 0.313 e. The minimum Gasteiger partial charge on any atom is -0.313 e. The van der Waals surface area contributed by atoms with Gasteiger partial charge in [0.2, 0.25) is 0 Å². The third-order valence-electron chi connectivity index (χ3n) is 4.00. The molecule has 0 heterocycles. The zero-order valence-electron chi connectivity index (χ0n) is 12.4. The van der Waals surface area contributed by atoms with Crippen molar-refractivity contribution in [2.75, 3.05) is 12.3 Å². The summed E-state index contributed by atoms with van der Waals surface area (Å²) in [4.78, 5) is 0. The first-order valence-corrected chi connectivity index (χ1v) is 8.93. The van der Waals surface area contributed by atoms with Crippen LogP contribution in [0.4, 0.5) is 4.39 Å². The molecule has 0 saturated heterocycles. The zero-order valence-corrected chi connectivity index (χ0v) is 13.2. The first-order chi connectivity index (χ1) is 9.79. The van der Waals surface area contributed by atoms with Crippen molar-refractivity contribution in [3.63, 3.8) is 0 Å². The van der Waals surface area contributed by atoms with Gasteiger partial charge in [0.05, 0.1) is 0 Å². The molecule has 3 heteroatoms. The molecule has 0 aliphatic heterocycles. The quantitative estimate of drug-likeness (QED) is 0.799. The molecule has 1 aliphatic carbocycles. The number of thioether (sulfide) groups is 1. The van der Waals surface area contributed by atoms with E-state index in [2.05, 4.69) is 24.0 Å². The molecule has 0 amide bonds. The summed E-state index contributed by atoms with van der Waals surface area (Å²) in [6, 6.07) is 7.54. The molecule has 0 radical (unpaired) electrons. The number of hydrogen-bond acceptors (Lipinski definition) is 2. The smallest absolute Gasteiger partial charge is 0.126 e. The molecule has 1 aromatic carbocycles. The van der Waals surface area contributed by atoms with Crippen molar-refractivity contribution < 1.29 is 4.39 Å². The lowest BCUT2D eigenvalue weighted by Gasteiger charge is -2.24. The highest BCUT2D eigenvalue weighted by Crippen LogP contribution is 2.29. The van der Waals surface area contributed by atoms with E-state index in [-0.39, 0.29) is 5.82 Å². The molecule has 20 heavy (non-hydrogen) atoms. The van der Waals surface area contributed by atoms with E-state index in [9.17, 15) is 4.39 Å². The normalized spacial score (nSPS) is 18.1. The van der Waals surface area contributed by atoms with Gasteiger partial charge < -0.3 is 5.32 Å². The predicted octanol–water partition coefficient (Wildman–Crippen LogP) is 4.41. The SMILES string of the molecule is CCNC(CSC1CCCCC1)Cc1ccccc1F. The highest BCUT2D eigenvalue weighted by Gasteiger charge is 2.17. The van der Waals surface area contributed by atoms with E-state index in [1.807, 2.05) is 12.1 Å². The molecule has 1 saturated carbocycles.